The number of carboxylic acid groups (broad SMARTS) is 2. The molecule has 0 aromatic heterocycles. The van der Waals surface area contributed by atoms with E-state index in [0.29, 0.717) is 104 Å². The lowest BCUT2D eigenvalue weighted by molar-refractivity contribution is -0.142. The van der Waals surface area contributed by atoms with Gasteiger partial charge in [0.05, 0.1) is 77.1 Å². The van der Waals surface area contributed by atoms with Gasteiger partial charge in [-0.1, -0.05) is 93.0 Å². The van der Waals surface area contributed by atoms with Crippen LogP contribution in [0.2, 0.25) is 0 Å². The number of rotatable bonds is 43. The molecule has 328 valence electrons. The summed E-state index contributed by atoms with van der Waals surface area (Å²) in [5.41, 5.74) is 6.45. The summed E-state index contributed by atoms with van der Waals surface area (Å²) in [6, 6.07) is -0.920. The van der Waals surface area contributed by atoms with E-state index < -0.39 is 18.0 Å². The van der Waals surface area contributed by atoms with Crippen molar-refractivity contribution in [2.75, 3.05) is 84.5 Å². The first-order valence-electron chi connectivity index (χ1n) is 20.6. The predicted octanol–water partition coefficient (Wildman–Crippen LogP) is 4.62. The number of unbranched alkanes of at least 4 members (excludes halogenated alkanes) is 14. The van der Waals surface area contributed by atoms with E-state index in [1.54, 1.807) is 6.20 Å². The third kappa shape index (κ3) is 39.7. The molecule has 0 saturated heterocycles. The smallest absolute Gasteiger partial charge is 0.326 e. The summed E-state index contributed by atoms with van der Waals surface area (Å²) in [5.74, 6) is 3.98. The van der Waals surface area contributed by atoms with Crippen molar-refractivity contribution in [3.63, 3.8) is 0 Å². The molecule has 0 heterocycles. The molecule has 0 aliphatic heterocycles. The zero-order chi connectivity index (χ0) is 41.3. The molecule has 0 spiro atoms. The van der Waals surface area contributed by atoms with Crippen molar-refractivity contribution in [1.82, 2.24) is 15.6 Å². The third-order valence-corrected chi connectivity index (χ3v) is 9.12. The number of carboxylic acids is 2. The fraction of sp³-hybridized carbons (Fsp3) is 0.846. The standard InChI is InChI=1S/C39H74BrN5O11/c40-31-37(47)43-20-22-52-23-24-53-25-26-54-27-28-55-29-30-56-33-34(41)32-45(42)21-16-15-17-35(39(50)51)44-36(46)18-13-11-9-7-5-3-1-2-4-6-8-10-12-14-19-38(48)49/h32,35H,1-31,33,41-42H2,(H,43,47)(H,44,46)(H,48,49)(H,50,51)/b34-32-. The number of nitrogens with one attached hydrogen (secondary N) is 2. The Balaban J connectivity index is 3.69. The molecular weight excluding hydrogens is 794 g/mol. The molecule has 17 heteroatoms. The van der Waals surface area contributed by atoms with Crippen LogP contribution in [0.25, 0.3) is 0 Å². The fourth-order valence-electron chi connectivity index (χ4n) is 5.54. The number of halogens is 1. The molecule has 0 rings (SSSR count). The van der Waals surface area contributed by atoms with Gasteiger partial charge >= 0.3 is 11.9 Å². The fourth-order valence-corrected chi connectivity index (χ4v) is 5.74. The number of nitrogens with two attached hydrogens (primary N) is 2. The second kappa shape index (κ2) is 40.6. The minimum Gasteiger partial charge on any atom is -0.481 e. The number of alkyl halides is 1. The minimum absolute atomic E-state index is 0.0746. The molecule has 1 unspecified atom stereocenters. The van der Waals surface area contributed by atoms with Gasteiger partial charge in [0.15, 0.2) is 0 Å². The van der Waals surface area contributed by atoms with E-state index >= 15 is 0 Å². The molecule has 0 saturated carbocycles. The monoisotopic (exact) mass is 867 g/mol. The number of amides is 2. The van der Waals surface area contributed by atoms with Gasteiger partial charge in [-0.3, -0.25) is 14.4 Å². The Hall–Kier alpha value is -2.54. The number of ether oxygens (including phenoxy) is 5. The number of aliphatic carboxylic acids is 2. The van der Waals surface area contributed by atoms with Crippen molar-refractivity contribution in [3.8, 4) is 0 Å². The molecule has 0 bridgehead atoms. The summed E-state index contributed by atoms with van der Waals surface area (Å²) in [7, 11) is 0. The Morgan fingerprint density at radius 2 is 1.05 bits per heavy atom. The Morgan fingerprint density at radius 3 is 1.52 bits per heavy atom. The van der Waals surface area contributed by atoms with Gasteiger partial charge in [0.1, 0.15) is 6.04 Å². The maximum absolute atomic E-state index is 12.4. The topological polar surface area (TPSA) is 234 Å². The first kappa shape index (κ1) is 53.5. The van der Waals surface area contributed by atoms with Crippen LogP contribution in [0.15, 0.2) is 11.9 Å². The summed E-state index contributed by atoms with van der Waals surface area (Å²) in [5, 5.41) is 25.3. The summed E-state index contributed by atoms with van der Waals surface area (Å²) in [6.07, 6.45) is 19.2. The molecule has 16 nitrogen and oxygen atoms in total. The highest BCUT2D eigenvalue weighted by molar-refractivity contribution is 9.09. The van der Waals surface area contributed by atoms with Crippen molar-refractivity contribution in [2.24, 2.45) is 11.6 Å². The molecule has 1 atom stereocenters. The highest BCUT2D eigenvalue weighted by Gasteiger charge is 2.19. The molecule has 0 radical (unpaired) electrons. The van der Waals surface area contributed by atoms with Crippen LogP contribution in [-0.4, -0.2) is 130 Å². The largest absolute Gasteiger partial charge is 0.481 e. The maximum atomic E-state index is 12.4. The number of carbonyl (C=O) groups excluding carboxylic acids is 2. The van der Waals surface area contributed by atoms with Crippen LogP contribution < -0.4 is 22.2 Å². The van der Waals surface area contributed by atoms with Crippen molar-refractivity contribution in [3.05, 3.63) is 11.9 Å². The van der Waals surface area contributed by atoms with Crippen molar-refractivity contribution < 1.29 is 53.1 Å². The molecule has 0 aliphatic rings. The Morgan fingerprint density at radius 1 is 0.607 bits per heavy atom. The van der Waals surface area contributed by atoms with E-state index in [1.807, 2.05) is 0 Å². The van der Waals surface area contributed by atoms with Gasteiger partial charge in [-0.15, -0.1) is 0 Å². The molecule has 56 heavy (non-hydrogen) atoms. The minimum atomic E-state index is -1.04. The lowest BCUT2D eigenvalue weighted by Crippen LogP contribution is -2.40. The van der Waals surface area contributed by atoms with Crippen LogP contribution in [0.4, 0.5) is 0 Å². The van der Waals surface area contributed by atoms with E-state index in [9.17, 15) is 24.3 Å². The first-order chi connectivity index (χ1) is 27.1. The van der Waals surface area contributed by atoms with E-state index in [2.05, 4.69) is 26.6 Å². The van der Waals surface area contributed by atoms with Gasteiger partial charge in [-0.25, -0.2) is 10.6 Å². The Labute approximate surface area is 343 Å². The molecule has 0 aromatic rings. The van der Waals surface area contributed by atoms with E-state index in [-0.39, 0.29) is 30.2 Å². The normalized spacial score (nSPS) is 12.1. The second-order valence-electron chi connectivity index (χ2n) is 13.7. The van der Waals surface area contributed by atoms with Gasteiger partial charge in [0.25, 0.3) is 0 Å². The molecule has 0 fully saturated rings. The van der Waals surface area contributed by atoms with Crippen molar-refractivity contribution >= 4 is 39.7 Å². The van der Waals surface area contributed by atoms with E-state index in [0.717, 1.165) is 44.9 Å². The SMILES string of the molecule is N/C(=C\N(N)CCCCC(NC(=O)CCCCCCCCCCCCCCCCC(=O)O)C(=O)O)COCCOCCOCCOCCOCCNC(=O)CBr. The van der Waals surface area contributed by atoms with Crippen LogP contribution in [0.3, 0.4) is 0 Å². The van der Waals surface area contributed by atoms with E-state index in [1.165, 1.54) is 50.0 Å². The summed E-state index contributed by atoms with van der Waals surface area (Å²) < 4.78 is 27.2. The summed E-state index contributed by atoms with van der Waals surface area (Å²) in [6.45, 7) is 4.95. The number of hydrazine groups is 1. The van der Waals surface area contributed by atoms with Crippen LogP contribution in [0.1, 0.15) is 122 Å². The van der Waals surface area contributed by atoms with Crippen LogP contribution in [0, 0.1) is 0 Å². The van der Waals surface area contributed by atoms with Gasteiger partial charge in [-0.05, 0) is 32.1 Å². The van der Waals surface area contributed by atoms with Gasteiger partial charge in [0, 0.05) is 32.1 Å². The van der Waals surface area contributed by atoms with E-state index in [4.69, 9.17) is 40.4 Å². The molecular formula is C39H74BrN5O11. The number of nitrogens with zero attached hydrogens (tertiary/aromatic N) is 1. The highest BCUT2D eigenvalue weighted by atomic mass is 79.9. The average Bonchev–Trinajstić information content (AvgIpc) is 3.16. The summed E-state index contributed by atoms with van der Waals surface area (Å²) in [4.78, 5) is 45.6. The lowest BCUT2D eigenvalue weighted by atomic mass is 10.0. The average molecular weight is 869 g/mol. The second-order valence-corrected chi connectivity index (χ2v) is 14.3. The molecule has 8 N–H and O–H groups in total. The zero-order valence-corrected chi connectivity index (χ0v) is 35.4. The van der Waals surface area contributed by atoms with Crippen LogP contribution in [-0.2, 0) is 42.9 Å². The quantitative estimate of drug-likeness (QED) is 0.0213. The van der Waals surface area contributed by atoms with Crippen LogP contribution in [0.5, 0.6) is 0 Å². The number of carbonyl (C=O) groups is 4. The predicted molar refractivity (Wildman–Crippen MR) is 219 cm³/mol. The molecule has 2 amide bonds. The number of hydrogen-bond acceptors (Lipinski definition) is 12. The first-order valence-corrected chi connectivity index (χ1v) is 21.7. The Bertz CT molecular complexity index is 1010. The van der Waals surface area contributed by atoms with Crippen molar-refractivity contribution in [2.45, 2.75) is 128 Å². The van der Waals surface area contributed by atoms with Gasteiger partial charge < -0.3 is 55.3 Å². The lowest BCUT2D eigenvalue weighted by Gasteiger charge is -2.17. The maximum Gasteiger partial charge on any atom is 0.326 e. The highest BCUT2D eigenvalue weighted by Crippen LogP contribution is 2.14. The summed E-state index contributed by atoms with van der Waals surface area (Å²) >= 11 is 3.07. The Kier molecular flexibility index (Phi) is 38.8. The van der Waals surface area contributed by atoms with Gasteiger partial charge in [-0.2, -0.15) is 0 Å². The van der Waals surface area contributed by atoms with Crippen LogP contribution >= 0.6 is 15.9 Å². The third-order valence-electron chi connectivity index (χ3n) is 8.62. The number of hydrogen-bond donors (Lipinski definition) is 6. The van der Waals surface area contributed by atoms with Gasteiger partial charge in [0.2, 0.25) is 11.8 Å². The van der Waals surface area contributed by atoms with Crippen molar-refractivity contribution in [1.29, 1.82) is 0 Å². The molecule has 0 aliphatic carbocycles. The molecule has 0 aromatic carbocycles. The zero-order valence-electron chi connectivity index (χ0n) is 33.8.